The van der Waals surface area contributed by atoms with Crippen molar-refractivity contribution in [3.05, 3.63) is 24.3 Å². The third kappa shape index (κ3) is 5.15. The summed E-state index contributed by atoms with van der Waals surface area (Å²) in [5.41, 5.74) is -0.270. The molecule has 0 aliphatic rings. The maximum absolute atomic E-state index is 13.0. The van der Waals surface area contributed by atoms with E-state index in [1.165, 1.54) is 18.2 Å². The molecular formula is C11H16FNO4S2. The fraction of sp³-hybridized carbons (Fsp3) is 0.455. The Hall–Kier alpha value is -1.15. The van der Waals surface area contributed by atoms with Crippen molar-refractivity contribution in [3.8, 4) is 0 Å². The second kappa shape index (κ2) is 5.87. The van der Waals surface area contributed by atoms with Gasteiger partial charge in [-0.05, 0) is 24.5 Å². The van der Waals surface area contributed by atoms with Crippen LogP contribution in [0.2, 0.25) is 0 Å². The first kappa shape index (κ1) is 15.9. The van der Waals surface area contributed by atoms with E-state index in [-0.39, 0.29) is 17.4 Å². The van der Waals surface area contributed by atoms with E-state index in [9.17, 15) is 20.7 Å². The molecule has 0 heterocycles. The summed E-state index contributed by atoms with van der Waals surface area (Å²) >= 11 is 0. The topological polar surface area (TPSA) is 80.3 Å². The molecule has 1 N–H and O–H groups in total. The van der Waals surface area contributed by atoms with Gasteiger partial charge in [-0.25, -0.2) is 8.42 Å². The number of para-hydroxylation sites is 1. The van der Waals surface area contributed by atoms with Gasteiger partial charge in [0.25, 0.3) is 0 Å². The molecule has 8 heteroatoms. The van der Waals surface area contributed by atoms with Crippen LogP contribution in [0.1, 0.15) is 20.3 Å². The third-order valence-corrected chi connectivity index (χ3v) is 4.56. The van der Waals surface area contributed by atoms with E-state index in [1.54, 1.807) is 0 Å². The number of benzene rings is 1. The molecule has 0 unspecified atom stereocenters. The van der Waals surface area contributed by atoms with E-state index in [0.717, 1.165) is 6.07 Å². The molecular weight excluding hydrogens is 293 g/mol. The minimum atomic E-state index is -4.96. The molecule has 0 aromatic heterocycles. The summed E-state index contributed by atoms with van der Waals surface area (Å²) < 4.78 is 60.4. The van der Waals surface area contributed by atoms with Crippen LogP contribution in [0.4, 0.5) is 9.57 Å². The average molecular weight is 309 g/mol. The Kier molecular flexibility index (Phi) is 4.92. The lowest BCUT2D eigenvalue weighted by atomic mass is 10.2. The molecule has 0 amide bonds. The van der Waals surface area contributed by atoms with Gasteiger partial charge < -0.3 is 0 Å². The van der Waals surface area contributed by atoms with Crippen LogP contribution in [0.3, 0.4) is 0 Å². The maximum Gasteiger partial charge on any atom is 0.334 e. The highest BCUT2D eigenvalue weighted by Crippen LogP contribution is 2.23. The van der Waals surface area contributed by atoms with Crippen molar-refractivity contribution < 1.29 is 20.7 Å². The van der Waals surface area contributed by atoms with Crippen molar-refractivity contribution in [1.29, 1.82) is 0 Å². The molecule has 0 aliphatic carbocycles. The van der Waals surface area contributed by atoms with Crippen LogP contribution in [0, 0.1) is 5.92 Å². The maximum atomic E-state index is 13.0. The normalized spacial score (nSPS) is 12.6. The van der Waals surface area contributed by atoms with Gasteiger partial charge in [0.15, 0.2) is 0 Å². The largest absolute Gasteiger partial charge is 0.334 e. The predicted octanol–water partition coefficient (Wildman–Crippen LogP) is 2.13. The Morgan fingerprint density at radius 1 is 1.16 bits per heavy atom. The number of rotatable bonds is 6. The summed E-state index contributed by atoms with van der Waals surface area (Å²) in [6, 6.07) is 4.96. The Labute approximate surface area is 113 Å². The van der Waals surface area contributed by atoms with E-state index >= 15 is 0 Å². The Bertz CT molecular complexity index is 638. The van der Waals surface area contributed by atoms with Crippen LogP contribution in [-0.4, -0.2) is 22.6 Å². The van der Waals surface area contributed by atoms with E-state index in [4.69, 9.17) is 0 Å². The molecule has 0 radical (unpaired) electrons. The number of anilines is 1. The molecule has 0 atom stereocenters. The molecule has 0 aliphatic heterocycles. The molecule has 1 aromatic rings. The van der Waals surface area contributed by atoms with Gasteiger partial charge >= 0.3 is 10.2 Å². The first-order valence-electron chi connectivity index (χ1n) is 5.66. The van der Waals surface area contributed by atoms with Gasteiger partial charge in [-0.15, -0.1) is 3.89 Å². The number of nitrogens with one attached hydrogen (secondary N) is 1. The second-order valence-electron chi connectivity index (χ2n) is 4.54. The monoisotopic (exact) mass is 309 g/mol. The zero-order valence-corrected chi connectivity index (χ0v) is 12.3. The Morgan fingerprint density at radius 2 is 1.74 bits per heavy atom. The molecule has 1 aromatic carbocycles. The fourth-order valence-corrected chi connectivity index (χ4v) is 3.46. The number of sulfonamides is 1. The summed E-state index contributed by atoms with van der Waals surface area (Å²) in [7, 11) is -8.66. The highest BCUT2D eigenvalue weighted by atomic mass is 32.3. The van der Waals surface area contributed by atoms with Crippen LogP contribution in [0.5, 0.6) is 0 Å². The minimum absolute atomic E-state index is 0.147. The van der Waals surface area contributed by atoms with E-state index in [2.05, 4.69) is 4.72 Å². The smallest absolute Gasteiger partial charge is 0.282 e. The van der Waals surface area contributed by atoms with Crippen LogP contribution < -0.4 is 4.72 Å². The fourth-order valence-electron chi connectivity index (χ4n) is 1.37. The van der Waals surface area contributed by atoms with Crippen LogP contribution in [0.25, 0.3) is 0 Å². The lowest BCUT2D eigenvalue weighted by Gasteiger charge is -2.11. The van der Waals surface area contributed by atoms with E-state index in [0.29, 0.717) is 6.42 Å². The van der Waals surface area contributed by atoms with Gasteiger partial charge in [0.1, 0.15) is 4.90 Å². The van der Waals surface area contributed by atoms with Crippen molar-refractivity contribution >= 4 is 25.9 Å². The van der Waals surface area contributed by atoms with Gasteiger partial charge in [-0.3, -0.25) is 4.72 Å². The molecule has 1 rings (SSSR count). The average Bonchev–Trinajstić information content (AvgIpc) is 2.25. The molecule has 0 spiro atoms. The van der Waals surface area contributed by atoms with Gasteiger partial charge in [0.05, 0.1) is 11.4 Å². The highest BCUT2D eigenvalue weighted by molar-refractivity contribution is 7.92. The van der Waals surface area contributed by atoms with E-state index < -0.39 is 25.1 Å². The lowest BCUT2D eigenvalue weighted by Crippen LogP contribution is -2.19. The SMILES string of the molecule is CC(C)CCS(=O)(=O)Nc1ccccc1S(=O)(=O)F. The third-order valence-electron chi connectivity index (χ3n) is 2.38. The van der Waals surface area contributed by atoms with Gasteiger partial charge in [0, 0.05) is 0 Å². The molecule has 0 saturated heterocycles. The van der Waals surface area contributed by atoms with Crippen molar-refractivity contribution in [2.24, 2.45) is 5.92 Å². The summed E-state index contributed by atoms with van der Waals surface area (Å²) in [6.07, 6.45) is 0.430. The molecule has 5 nitrogen and oxygen atoms in total. The predicted molar refractivity (Wildman–Crippen MR) is 71.6 cm³/mol. The number of halogens is 1. The zero-order chi connectivity index (χ0) is 14.7. The molecule has 0 fully saturated rings. The minimum Gasteiger partial charge on any atom is -0.282 e. The van der Waals surface area contributed by atoms with Gasteiger partial charge in [-0.1, -0.05) is 26.0 Å². The van der Waals surface area contributed by atoms with Gasteiger partial charge in [0.2, 0.25) is 10.0 Å². The van der Waals surface area contributed by atoms with Crippen LogP contribution in [0.15, 0.2) is 29.2 Å². The molecule has 19 heavy (non-hydrogen) atoms. The second-order valence-corrected chi connectivity index (χ2v) is 7.69. The molecule has 0 bridgehead atoms. The van der Waals surface area contributed by atoms with Crippen LogP contribution in [-0.2, 0) is 20.2 Å². The number of hydrogen-bond donors (Lipinski definition) is 1. The summed E-state index contributed by atoms with van der Waals surface area (Å²) in [5.74, 6) is 0.0439. The summed E-state index contributed by atoms with van der Waals surface area (Å²) in [6.45, 7) is 3.74. The summed E-state index contributed by atoms with van der Waals surface area (Å²) in [5, 5.41) is 0. The van der Waals surface area contributed by atoms with Gasteiger partial charge in [-0.2, -0.15) is 8.42 Å². The summed E-state index contributed by atoms with van der Waals surface area (Å²) in [4.78, 5) is -0.678. The standard InChI is InChI=1S/C11H16FNO4S2/c1-9(2)7-8-18(14,15)13-10-5-3-4-6-11(10)19(12,16)17/h3-6,9,13H,7-8H2,1-2H3. The van der Waals surface area contributed by atoms with Crippen molar-refractivity contribution in [1.82, 2.24) is 0 Å². The van der Waals surface area contributed by atoms with Crippen molar-refractivity contribution in [2.75, 3.05) is 10.5 Å². The van der Waals surface area contributed by atoms with Crippen molar-refractivity contribution in [2.45, 2.75) is 25.2 Å². The lowest BCUT2D eigenvalue weighted by molar-refractivity contribution is 0.552. The Morgan fingerprint density at radius 3 is 2.26 bits per heavy atom. The van der Waals surface area contributed by atoms with Crippen molar-refractivity contribution in [3.63, 3.8) is 0 Å². The zero-order valence-electron chi connectivity index (χ0n) is 10.6. The number of hydrogen-bond acceptors (Lipinski definition) is 4. The quantitative estimate of drug-likeness (QED) is 0.816. The Balaban J connectivity index is 3.01. The molecule has 0 saturated carbocycles. The van der Waals surface area contributed by atoms with E-state index in [1.807, 2.05) is 13.8 Å². The van der Waals surface area contributed by atoms with Crippen LogP contribution >= 0.6 is 0 Å². The highest BCUT2D eigenvalue weighted by Gasteiger charge is 2.20. The molecule has 108 valence electrons. The first-order valence-corrected chi connectivity index (χ1v) is 8.69. The first-order chi connectivity index (χ1) is 8.62.